The zero-order valence-electron chi connectivity index (χ0n) is 36.4. The number of benzene rings is 3. The normalized spacial score (nSPS) is 21.4. The van der Waals surface area contributed by atoms with E-state index in [1.165, 1.54) is 12.1 Å². The van der Waals surface area contributed by atoms with Crippen LogP contribution in [0.1, 0.15) is 70.8 Å². The number of likely N-dealkylation sites (tertiary alicyclic amines) is 1. The van der Waals surface area contributed by atoms with E-state index in [0.717, 1.165) is 85.9 Å². The molecule has 3 N–H and O–H groups in total. The number of nitrogens with zero attached hydrogens (tertiary/aromatic N) is 8. The van der Waals surface area contributed by atoms with Gasteiger partial charge in [0.05, 0.1) is 23.9 Å². The second-order valence-electron chi connectivity index (χ2n) is 17.8. The van der Waals surface area contributed by atoms with Gasteiger partial charge in [-0.15, -0.1) is 0 Å². The molecule has 3 saturated heterocycles. The first-order valence-corrected chi connectivity index (χ1v) is 22.7. The monoisotopic (exact) mass is 893 g/mol. The number of anilines is 3. The van der Waals surface area contributed by atoms with Crippen molar-refractivity contribution in [2.45, 2.75) is 63.1 Å². The third kappa shape index (κ3) is 8.92. The molecule has 4 aliphatic heterocycles. The lowest BCUT2D eigenvalue weighted by molar-refractivity contribution is -0.136. The first-order valence-electron chi connectivity index (χ1n) is 22.7. The molecule has 6 amide bonds. The number of carbonyl (C=O) groups excluding carboxylic acids is 6. The van der Waals surface area contributed by atoms with Gasteiger partial charge in [-0.05, 0) is 86.1 Å². The predicted octanol–water partition coefficient (Wildman–Crippen LogP) is 3.47. The molecule has 18 nitrogen and oxygen atoms in total. The number of hydrogen-bond acceptors (Lipinski definition) is 13. The van der Waals surface area contributed by atoms with Gasteiger partial charge >= 0.3 is 0 Å². The summed E-state index contributed by atoms with van der Waals surface area (Å²) in [5.74, 6) is -1.000. The van der Waals surface area contributed by atoms with Crippen LogP contribution in [0.4, 0.5) is 17.2 Å². The zero-order valence-corrected chi connectivity index (χ0v) is 36.4. The van der Waals surface area contributed by atoms with Crippen molar-refractivity contribution < 1.29 is 33.5 Å². The minimum absolute atomic E-state index is 0.0381. The van der Waals surface area contributed by atoms with E-state index in [9.17, 15) is 28.8 Å². The Hall–Kier alpha value is -7.21. The molecule has 0 bridgehead atoms. The van der Waals surface area contributed by atoms with Crippen molar-refractivity contribution in [2.75, 3.05) is 62.6 Å². The summed E-state index contributed by atoms with van der Waals surface area (Å²) >= 11 is 0. The molecule has 10 rings (SSSR count). The molecule has 1 aliphatic carbocycles. The molecule has 0 unspecified atom stereocenters. The highest BCUT2D eigenvalue weighted by molar-refractivity contribution is 6.23. The van der Waals surface area contributed by atoms with E-state index in [-0.39, 0.29) is 60.2 Å². The van der Waals surface area contributed by atoms with Crippen LogP contribution >= 0.6 is 0 Å². The van der Waals surface area contributed by atoms with Crippen LogP contribution in [-0.4, -0.2) is 134 Å². The standard InChI is InChI=1S/C48H51N11O7/c60-40-13-12-39(46(63)54-40)59-47(64)37-11-10-36(25-38(37)48(59)65)66-27-42(62)57-16-14-31(15-17-57)26-55-18-20-56(21-19-55)34-8-6-32(7-9-34)53-44-43-45(50-28-49-44)58(29-51-43)35-23-33(24-35)52-41(61)22-30-4-2-1-3-5-30/h1-11,25,28-29,31,33,35,39H,12-24,26-27H2,(H,52,61)(H,49,50,53)(H,54,60,63)/t33?,35?,39-/m0/s1. The average molecular weight is 894 g/mol. The highest BCUT2D eigenvalue weighted by Crippen LogP contribution is 2.36. The number of fused-ring (bicyclic) bond motifs is 2. The van der Waals surface area contributed by atoms with Crippen molar-refractivity contribution in [3.05, 3.63) is 102 Å². The number of piperazine rings is 1. The van der Waals surface area contributed by atoms with E-state index in [1.54, 1.807) is 12.4 Å². The highest BCUT2D eigenvalue weighted by Gasteiger charge is 2.45. The summed E-state index contributed by atoms with van der Waals surface area (Å²) in [6, 6.07) is 21.9. The Kier molecular flexibility index (Phi) is 11.9. The lowest BCUT2D eigenvalue weighted by Crippen LogP contribution is -2.54. The number of nitrogens with one attached hydrogen (secondary N) is 3. The summed E-state index contributed by atoms with van der Waals surface area (Å²) in [6.45, 7) is 5.83. The fourth-order valence-corrected chi connectivity index (χ4v) is 9.79. The summed E-state index contributed by atoms with van der Waals surface area (Å²) in [7, 11) is 0. The second-order valence-corrected chi connectivity index (χ2v) is 17.8. The molecule has 1 atom stereocenters. The van der Waals surface area contributed by atoms with Crippen LogP contribution in [0.3, 0.4) is 0 Å². The van der Waals surface area contributed by atoms with E-state index < -0.39 is 29.7 Å². The van der Waals surface area contributed by atoms with Gasteiger partial charge in [0, 0.05) is 75.7 Å². The van der Waals surface area contributed by atoms with Crippen LogP contribution in [-0.2, 0) is 25.6 Å². The Morgan fingerprint density at radius 3 is 2.32 bits per heavy atom. The summed E-state index contributed by atoms with van der Waals surface area (Å²) in [6.07, 6.45) is 7.33. The molecule has 66 heavy (non-hydrogen) atoms. The minimum atomic E-state index is -1.05. The van der Waals surface area contributed by atoms with Crippen LogP contribution in [0.15, 0.2) is 85.5 Å². The molecular weight excluding hydrogens is 843 g/mol. The van der Waals surface area contributed by atoms with Gasteiger partial charge in [0.2, 0.25) is 17.7 Å². The minimum Gasteiger partial charge on any atom is -0.484 e. The van der Waals surface area contributed by atoms with Gasteiger partial charge < -0.3 is 29.7 Å². The zero-order chi connectivity index (χ0) is 45.3. The number of hydrogen-bond donors (Lipinski definition) is 3. The van der Waals surface area contributed by atoms with E-state index >= 15 is 0 Å². The maximum absolute atomic E-state index is 13.2. The lowest BCUT2D eigenvalue weighted by Gasteiger charge is -2.39. The number of imide groups is 2. The molecular formula is C48H51N11O7. The molecule has 5 aromatic rings. The maximum Gasteiger partial charge on any atom is 0.262 e. The predicted molar refractivity (Wildman–Crippen MR) is 242 cm³/mol. The number of aromatic nitrogens is 4. The average Bonchev–Trinajstić information content (AvgIpc) is 3.85. The van der Waals surface area contributed by atoms with Gasteiger partial charge in [-0.3, -0.25) is 43.9 Å². The molecule has 4 fully saturated rings. The number of piperidine rings is 2. The Labute approximate surface area is 380 Å². The van der Waals surface area contributed by atoms with E-state index in [1.807, 2.05) is 41.6 Å². The topological polar surface area (TPSA) is 204 Å². The Balaban J connectivity index is 0.643. The quantitative estimate of drug-likeness (QED) is 0.145. The summed E-state index contributed by atoms with van der Waals surface area (Å²) in [5.41, 5.74) is 4.81. The maximum atomic E-state index is 13.2. The molecule has 2 aromatic heterocycles. The molecule has 5 aliphatic rings. The molecule has 0 radical (unpaired) electrons. The Bertz CT molecular complexity index is 2670. The van der Waals surface area contributed by atoms with Crippen LogP contribution in [0.2, 0.25) is 0 Å². The molecule has 0 spiro atoms. The van der Waals surface area contributed by atoms with E-state index in [0.29, 0.717) is 36.8 Å². The van der Waals surface area contributed by atoms with Crippen molar-refractivity contribution in [1.29, 1.82) is 0 Å². The smallest absolute Gasteiger partial charge is 0.262 e. The van der Waals surface area contributed by atoms with Crippen molar-refractivity contribution in [3.8, 4) is 5.75 Å². The van der Waals surface area contributed by atoms with Crippen LogP contribution in [0, 0.1) is 5.92 Å². The summed E-state index contributed by atoms with van der Waals surface area (Å²) in [5, 5.41) is 8.79. The van der Waals surface area contributed by atoms with Crippen molar-refractivity contribution in [2.24, 2.45) is 5.92 Å². The van der Waals surface area contributed by atoms with Crippen molar-refractivity contribution in [1.82, 2.24) is 44.9 Å². The fourth-order valence-electron chi connectivity index (χ4n) is 9.79. The Morgan fingerprint density at radius 1 is 0.803 bits per heavy atom. The molecule has 3 aromatic carbocycles. The van der Waals surface area contributed by atoms with Gasteiger partial charge in [-0.25, -0.2) is 15.0 Å². The van der Waals surface area contributed by atoms with E-state index in [4.69, 9.17) is 4.74 Å². The lowest BCUT2D eigenvalue weighted by atomic mass is 9.86. The Morgan fingerprint density at radius 2 is 1.56 bits per heavy atom. The third-order valence-electron chi connectivity index (χ3n) is 13.6. The largest absolute Gasteiger partial charge is 0.484 e. The van der Waals surface area contributed by atoms with Gasteiger partial charge in [-0.1, -0.05) is 30.3 Å². The van der Waals surface area contributed by atoms with Crippen LogP contribution < -0.4 is 25.6 Å². The first kappa shape index (κ1) is 42.7. The number of ether oxygens (including phenoxy) is 1. The number of carbonyl (C=O) groups is 6. The number of rotatable bonds is 13. The second kappa shape index (κ2) is 18.3. The number of imidazole rings is 1. The summed E-state index contributed by atoms with van der Waals surface area (Å²) in [4.78, 5) is 97.3. The van der Waals surface area contributed by atoms with Crippen molar-refractivity contribution in [3.63, 3.8) is 0 Å². The molecule has 340 valence electrons. The van der Waals surface area contributed by atoms with Gasteiger partial charge in [0.15, 0.2) is 23.6 Å². The van der Waals surface area contributed by atoms with Crippen LogP contribution in [0.5, 0.6) is 5.75 Å². The third-order valence-corrected chi connectivity index (χ3v) is 13.6. The number of amides is 6. The van der Waals surface area contributed by atoms with Gasteiger partial charge in [-0.2, -0.15) is 0 Å². The van der Waals surface area contributed by atoms with E-state index in [2.05, 4.69) is 69.5 Å². The van der Waals surface area contributed by atoms with Crippen LogP contribution in [0.25, 0.3) is 11.2 Å². The molecule has 18 heteroatoms. The molecule has 1 saturated carbocycles. The van der Waals surface area contributed by atoms with Gasteiger partial charge in [0.25, 0.3) is 17.7 Å². The van der Waals surface area contributed by atoms with Crippen molar-refractivity contribution >= 4 is 63.8 Å². The summed E-state index contributed by atoms with van der Waals surface area (Å²) < 4.78 is 7.88. The molecule has 6 heterocycles. The SMILES string of the molecule is O=C1CC[C@H](N2C(=O)c3ccc(OCC(=O)N4CCC(CN5CCN(c6ccc(Nc7ncnc8c7ncn8C7CC(NC(=O)Cc8ccccc8)C7)cc6)CC5)CC4)cc3C2=O)C(=O)N1. The van der Waals surface area contributed by atoms with Gasteiger partial charge in [0.1, 0.15) is 18.1 Å². The first-order chi connectivity index (χ1) is 32.1. The highest BCUT2D eigenvalue weighted by atomic mass is 16.5. The fraction of sp³-hybridized carbons (Fsp3) is 0.396.